The van der Waals surface area contributed by atoms with Crippen LogP contribution in [0.3, 0.4) is 0 Å². The Kier molecular flexibility index (Phi) is 14.5. The fraction of sp³-hybridized carbons (Fsp3) is 0.481. The van der Waals surface area contributed by atoms with Crippen molar-refractivity contribution in [2.45, 2.75) is 65.7 Å². The zero-order valence-corrected chi connectivity index (χ0v) is 21.2. The van der Waals surface area contributed by atoms with Crippen LogP contribution in [0.15, 0.2) is 48.6 Å². The first-order chi connectivity index (χ1) is 16.9. The molecule has 3 rings (SSSR count). The van der Waals surface area contributed by atoms with E-state index < -0.39 is 0 Å². The van der Waals surface area contributed by atoms with Crippen LogP contribution in [0.4, 0.5) is 5.69 Å². The van der Waals surface area contributed by atoms with Crippen LogP contribution in [0.2, 0.25) is 0 Å². The van der Waals surface area contributed by atoms with Gasteiger partial charge in [0.15, 0.2) is 0 Å². The number of carbonyl (C=O) groups is 4. The van der Waals surface area contributed by atoms with Gasteiger partial charge in [0, 0.05) is 36.5 Å². The standard InChI is InChI=1S/C13H21NO2.C12H12N2O3.C2H6/c1-2-3-4-5-6-7-8-11-14-12(15)9-10-13(14)16;13-9-1-3-10(4-2-9)17-8-7-14-11(15)5-6-12(14)16;1-2/h9-10H,2-8,11H2,1H3;1-6H,7-8,13H2;1-2H3. The minimum atomic E-state index is -0.295. The van der Waals surface area contributed by atoms with Gasteiger partial charge < -0.3 is 10.5 Å². The Bertz CT molecular complexity index is 841. The zero-order chi connectivity index (χ0) is 26.1. The van der Waals surface area contributed by atoms with Crippen molar-refractivity contribution in [3.05, 3.63) is 48.6 Å². The van der Waals surface area contributed by atoms with Crippen LogP contribution in [0.5, 0.6) is 5.75 Å². The van der Waals surface area contributed by atoms with E-state index in [1.165, 1.54) is 61.3 Å². The molecule has 0 saturated heterocycles. The quantitative estimate of drug-likeness (QED) is 0.269. The number of hydrogen-bond acceptors (Lipinski definition) is 6. The minimum absolute atomic E-state index is 0.156. The molecule has 2 aliphatic rings. The summed E-state index contributed by atoms with van der Waals surface area (Å²) in [5, 5.41) is 0. The summed E-state index contributed by atoms with van der Waals surface area (Å²) in [5.74, 6) is -0.245. The third-order valence-corrected chi connectivity index (χ3v) is 5.25. The number of amides is 4. The van der Waals surface area contributed by atoms with Gasteiger partial charge in [0.05, 0.1) is 6.54 Å². The summed E-state index contributed by atoms with van der Waals surface area (Å²) in [4.78, 5) is 47.3. The number of nitrogen functional groups attached to an aromatic ring is 1. The summed E-state index contributed by atoms with van der Waals surface area (Å²) < 4.78 is 5.39. The van der Waals surface area contributed by atoms with Crippen molar-refractivity contribution in [2.24, 2.45) is 0 Å². The molecule has 2 aliphatic heterocycles. The van der Waals surface area contributed by atoms with E-state index in [0.717, 1.165) is 17.7 Å². The lowest BCUT2D eigenvalue weighted by molar-refractivity contribution is -0.138. The summed E-state index contributed by atoms with van der Waals surface area (Å²) in [6.45, 7) is 7.30. The summed E-state index contributed by atoms with van der Waals surface area (Å²) >= 11 is 0. The van der Waals surface area contributed by atoms with Crippen LogP contribution in [0, 0.1) is 0 Å². The fourth-order valence-corrected chi connectivity index (χ4v) is 3.35. The molecule has 2 N–H and O–H groups in total. The fourth-order valence-electron chi connectivity index (χ4n) is 3.35. The molecule has 0 aromatic heterocycles. The number of rotatable bonds is 12. The molecule has 35 heavy (non-hydrogen) atoms. The van der Waals surface area contributed by atoms with Crippen molar-refractivity contribution >= 4 is 29.3 Å². The topological polar surface area (TPSA) is 110 Å². The molecule has 0 aliphatic carbocycles. The van der Waals surface area contributed by atoms with Gasteiger partial charge in [-0.25, -0.2) is 0 Å². The van der Waals surface area contributed by atoms with Crippen molar-refractivity contribution in [2.75, 3.05) is 25.4 Å². The number of imide groups is 2. The smallest absolute Gasteiger partial charge is 0.253 e. The third-order valence-electron chi connectivity index (χ3n) is 5.25. The molecule has 1 aromatic carbocycles. The van der Waals surface area contributed by atoms with E-state index in [0.29, 0.717) is 18.0 Å². The monoisotopic (exact) mass is 485 g/mol. The van der Waals surface area contributed by atoms with Crippen LogP contribution in [-0.4, -0.2) is 53.1 Å². The maximum atomic E-state index is 11.2. The van der Waals surface area contributed by atoms with Crippen molar-refractivity contribution in [1.82, 2.24) is 9.80 Å². The number of hydrogen-bond donors (Lipinski definition) is 1. The van der Waals surface area contributed by atoms with Crippen LogP contribution in [0.1, 0.15) is 65.7 Å². The highest BCUT2D eigenvalue weighted by atomic mass is 16.5. The number of anilines is 1. The normalized spacial score (nSPS) is 14.1. The van der Waals surface area contributed by atoms with Crippen molar-refractivity contribution in [3.63, 3.8) is 0 Å². The Morgan fingerprint density at radius 2 is 1.09 bits per heavy atom. The second-order valence-electron chi connectivity index (χ2n) is 7.86. The summed E-state index contributed by atoms with van der Waals surface area (Å²) in [5.41, 5.74) is 6.19. The maximum absolute atomic E-state index is 11.2. The van der Waals surface area contributed by atoms with E-state index in [1.54, 1.807) is 24.3 Å². The number of unbranched alkanes of at least 4 members (excludes halogenated alkanes) is 6. The van der Waals surface area contributed by atoms with Crippen molar-refractivity contribution < 1.29 is 23.9 Å². The highest BCUT2D eigenvalue weighted by molar-refractivity contribution is 6.13. The van der Waals surface area contributed by atoms with Gasteiger partial charge in [-0.3, -0.25) is 29.0 Å². The number of ether oxygens (including phenoxy) is 1. The summed E-state index contributed by atoms with van der Waals surface area (Å²) in [6.07, 6.45) is 13.6. The second-order valence-corrected chi connectivity index (χ2v) is 7.86. The molecule has 1 aromatic rings. The molecule has 2 heterocycles. The van der Waals surface area contributed by atoms with Crippen LogP contribution in [-0.2, 0) is 19.2 Å². The number of nitrogens with zero attached hydrogens (tertiary/aromatic N) is 2. The van der Waals surface area contributed by atoms with Gasteiger partial charge >= 0.3 is 0 Å². The Hall–Kier alpha value is -3.42. The molecular weight excluding hydrogens is 446 g/mol. The highest BCUT2D eigenvalue weighted by Gasteiger charge is 2.23. The Morgan fingerprint density at radius 3 is 1.57 bits per heavy atom. The van der Waals surface area contributed by atoms with Crippen LogP contribution < -0.4 is 10.5 Å². The summed E-state index contributed by atoms with van der Waals surface area (Å²) in [7, 11) is 0. The molecule has 4 amide bonds. The predicted octanol–water partition coefficient (Wildman–Crippen LogP) is 4.26. The van der Waals surface area contributed by atoms with Crippen molar-refractivity contribution in [1.29, 1.82) is 0 Å². The van der Waals surface area contributed by atoms with Gasteiger partial charge in [0.25, 0.3) is 23.6 Å². The first-order valence-electron chi connectivity index (χ1n) is 12.5. The van der Waals surface area contributed by atoms with Gasteiger partial charge in [-0.15, -0.1) is 0 Å². The van der Waals surface area contributed by atoms with Crippen LogP contribution >= 0.6 is 0 Å². The first-order valence-corrected chi connectivity index (χ1v) is 12.5. The predicted molar refractivity (Wildman–Crippen MR) is 137 cm³/mol. The first kappa shape index (κ1) is 29.6. The molecular formula is C27H39N3O5. The second kappa shape index (κ2) is 17.1. The number of nitrogens with two attached hydrogens (primary N) is 1. The molecule has 0 spiro atoms. The number of carbonyl (C=O) groups excluding carboxylic acids is 4. The molecule has 0 unspecified atom stereocenters. The lowest BCUT2D eigenvalue weighted by Gasteiger charge is -2.14. The average Bonchev–Trinajstić information content (AvgIpc) is 3.36. The van der Waals surface area contributed by atoms with E-state index in [-0.39, 0.29) is 36.8 Å². The van der Waals surface area contributed by atoms with E-state index in [4.69, 9.17) is 10.5 Å². The molecule has 0 saturated carbocycles. The van der Waals surface area contributed by atoms with Crippen molar-refractivity contribution in [3.8, 4) is 5.75 Å². The van der Waals surface area contributed by atoms with Crippen LogP contribution in [0.25, 0.3) is 0 Å². The zero-order valence-electron chi connectivity index (χ0n) is 21.2. The minimum Gasteiger partial charge on any atom is -0.492 e. The molecule has 8 heteroatoms. The van der Waals surface area contributed by atoms with E-state index in [1.807, 2.05) is 13.8 Å². The molecule has 0 radical (unpaired) electrons. The van der Waals surface area contributed by atoms with E-state index in [9.17, 15) is 19.2 Å². The lowest BCUT2D eigenvalue weighted by atomic mass is 10.1. The highest BCUT2D eigenvalue weighted by Crippen LogP contribution is 2.13. The van der Waals surface area contributed by atoms with E-state index in [2.05, 4.69) is 6.92 Å². The average molecular weight is 486 g/mol. The Morgan fingerprint density at radius 1 is 0.657 bits per heavy atom. The Labute approximate surface area is 208 Å². The van der Waals surface area contributed by atoms with Gasteiger partial charge in [0.1, 0.15) is 12.4 Å². The maximum Gasteiger partial charge on any atom is 0.253 e. The molecule has 0 fully saturated rings. The largest absolute Gasteiger partial charge is 0.492 e. The van der Waals surface area contributed by atoms with Gasteiger partial charge in [-0.2, -0.15) is 0 Å². The summed E-state index contributed by atoms with van der Waals surface area (Å²) in [6, 6.07) is 6.93. The SMILES string of the molecule is CC.CCCCCCCCCN1C(=O)C=CC1=O.Nc1ccc(OCCN2C(=O)C=CC2=O)cc1. The van der Waals surface area contributed by atoms with Gasteiger partial charge in [-0.05, 0) is 30.7 Å². The molecule has 0 bridgehead atoms. The lowest BCUT2D eigenvalue weighted by Crippen LogP contribution is -2.33. The number of benzene rings is 1. The van der Waals surface area contributed by atoms with Gasteiger partial charge in [-0.1, -0.05) is 59.3 Å². The van der Waals surface area contributed by atoms with E-state index >= 15 is 0 Å². The third kappa shape index (κ3) is 11.0. The molecule has 192 valence electrons. The molecule has 0 atom stereocenters. The van der Waals surface area contributed by atoms with Gasteiger partial charge in [0.2, 0.25) is 0 Å². The molecule has 8 nitrogen and oxygen atoms in total. The Balaban J connectivity index is 0.000000328.